The molecule has 16 heavy (non-hydrogen) atoms. The molecule has 1 aromatic rings. The van der Waals surface area contributed by atoms with Gasteiger partial charge in [0.25, 0.3) is 0 Å². The molecule has 0 aliphatic carbocycles. The maximum Gasteiger partial charge on any atom is 0.0234 e. The van der Waals surface area contributed by atoms with Crippen LogP contribution in [0, 0.1) is 5.92 Å². The molecule has 0 aromatic heterocycles. The summed E-state index contributed by atoms with van der Waals surface area (Å²) in [4.78, 5) is 2.55. The maximum atomic E-state index is 3.43. The van der Waals surface area contributed by atoms with Crippen LogP contribution in [-0.4, -0.2) is 31.1 Å². The lowest BCUT2D eigenvalue weighted by Crippen LogP contribution is -2.48. The second kappa shape index (κ2) is 5.46. The molecule has 1 aromatic carbocycles. The normalized spacial score (nSPS) is 26.9. The van der Waals surface area contributed by atoms with E-state index < -0.39 is 0 Å². The molecule has 2 nitrogen and oxygen atoms in total. The van der Waals surface area contributed by atoms with E-state index in [1.165, 1.54) is 25.1 Å². The van der Waals surface area contributed by atoms with Crippen LogP contribution >= 0.6 is 0 Å². The molecule has 2 rings (SSSR count). The van der Waals surface area contributed by atoms with Gasteiger partial charge in [0.05, 0.1) is 0 Å². The molecule has 1 fully saturated rings. The van der Waals surface area contributed by atoms with Crippen molar-refractivity contribution in [2.75, 3.05) is 20.1 Å². The van der Waals surface area contributed by atoms with Crippen LogP contribution in [0.2, 0.25) is 0 Å². The molecule has 2 atom stereocenters. The van der Waals surface area contributed by atoms with Crippen molar-refractivity contribution in [3.8, 4) is 0 Å². The van der Waals surface area contributed by atoms with E-state index in [2.05, 4.69) is 54.5 Å². The van der Waals surface area contributed by atoms with Gasteiger partial charge in [0.2, 0.25) is 0 Å². The number of benzene rings is 1. The molecule has 0 radical (unpaired) electrons. The number of piperidine rings is 1. The Morgan fingerprint density at radius 2 is 2.06 bits per heavy atom. The zero-order valence-electron chi connectivity index (χ0n) is 10.3. The smallest absolute Gasteiger partial charge is 0.0234 e. The van der Waals surface area contributed by atoms with E-state index in [9.17, 15) is 0 Å². The van der Waals surface area contributed by atoms with Gasteiger partial charge in [-0.2, -0.15) is 0 Å². The van der Waals surface area contributed by atoms with Crippen LogP contribution < -0.4 is 5.32 Å². The van der Waals surface area contributed by atoms with E-state index in [0.29, 0.717) is 6.04 Å². The van der Waals surface area contributed by atoms with Gasteiger partial charge in [-0.25, -0.2) is 0 Å². The minimum absolute atomic E-state index is 0.650. The second-order valence-electron chi connectivity index (χ2n) is 4.88. The predicted octanol–water partition coefficient (Wildman–Crippen LogP) is 2.12. The fourth-order valence-electron chi connectivity index (χ4n) is 2.50. The highest BCUT2D eigenvalue weighted by atomic mass is 15.2. The van der Waals surface area contributed by atoms with Crippen molar-refractivity contribution in [3.63, 3.8) is 0 Å². The Morgan fingerprint density at radius 3 is 2.75 bits per heavy atom. The van der Waals surface area contributed by atoms with E-state index in [-0.39, 0.29) is 0 Å². The highest BCUT2D eigenvalue weighted by Gasteiger charge is 2.24. The lowest BCUT2D eigenvalue weighted by molar-refractivity contribution is 0.147. The minimum Gasteiger partial charge on any atom is -0.315 e. The monoisotopic (exact) mass is 218 g/mol. The molecule has 0 unspecified atom stereocenters. The number of likely N-dealkylation sites (tertiary alicyclic amines) is 1. The number of nitrogens with one attached hydrogen (secondary N) is 1. The van der Waals surface area contributed by atoms with Crippen molar-refractivity contribution in [1.82, 2.24) is 10.2 Å². The highest BCUT2D eigenvalue weighted by Crippen LogP contribution is 2.18. The van der Waals surface area contributed by atoms with Crippen LogP contribution in [0.15, 0.2) is 30.3 Å². The molecular weight excluding hydrogens is 196 g/mol. The van der Waals surface area contributed by atoms with Gasteiger partial charge in [-0.05, 0) is 31.5 Å². The molecule has 1 N–H and O–H groups in total. The second-order valence-corrected chi connectivity index (χ2v) is 4.88. The Kier molecular flexibility index (Phi) is 3.97. The number of rotatable bonds is 3. The summed E-state index contributed by atoms with van der Waals surface area (Å²) < 4.78 is 0. The Labute approximate surface area is 98.7 Å². The zero-order valence-corrected chi connectivity index (χ0v) is 10.3. The fraction of sp³-hybridized carbons (Fsp3) is 0.571. The van der Waals surface area contributed by atoms with Gasteiger partial charge in [-0.3, -0.25) is 4.90 Å². The van der Waals surface area contributed by atoms with Crippen LogP contribution in [-0.2, 0) is 6.54 Å². The molecule has 0 saturated carbocycles. The van der Waals surface area contributed by atoms with Gasteiger partial charge in [-0.15, -0.1) is 0 Å². The van der Waals surface area contributed by atoms with Crippen molar-refractivity contribution in [3.05, 3.63) is 35.9 Å². The van der Waals surface area contributed by atoms with Gasteiger partial charge >= 0.3 is 0 Å². The van der Waals surface area contributed by atoms with E-state index in [0.717, 1.165) is 12.5 Å². The average molecular weight is 218 g/mol. The van der Waals surface area contributed by atoms with E-state index in [4.69, 9.17) is 0 Å². The van der Waals surface area contributed by atoms with E-state index in [1.807, 2.05) is 0 Å². The third kappa shape index (κ3) is 2.83. The van der Waals surface area contributed by atoms with Crippen molar-refractivity contribution in [2.45, 2.75) is 25.9 Å². The van der Waals surface area contributed by atoms with E-state index >= 15 is 0 Å². The van der Waals surface area contributed by atoms with Crippen LogP contribution in [0.4, 0.5) is 0 Å². The standard InChI is InChI=1S/C14H22N2/c1-12-8-9-16(11-14(12)15-2)10-13-6-4-3-5-7-13/h3-7,12,14-15H,8-11H2,1-2H3/t12-,14-/m1/s1. The van der Waals surface area contributed by atoms with Gasteiger partial charge in [-0.1, -0.05) is 37.3 Å². The summed E-state index contributed by atoms with van der Waals surface area (Å²) in [7, 11) is 2.08. The topological polar surface area (TPSA) is 15.3 Å². The van der Waals surface area contributed by atoms with Crippen molar-refractivity contribution in [2.24, 2.45) is 5.92 Å². The number of hydrogen-bond acceptors (Lipinski definition) is 2. The van der Waals surface area contributed by atoms with Gasteiger partial charge in [0, 0.05) is 19.1 Å². The van der Waals surface area contributed by atoms with Gasteiger partial charge in [0.1, 0.15) is 0 Å². The van der Waals surface area contributed by atoms with Crippen LogP contribution in [0.3, 0.4) is 0 Å². The first kappa shape index (κ1) is 11.6. The molecule has 2 heteroatoms. The minimum atomic E-state index is 0.650. The Hall–Kier alpha value is -0.860. The van der Waals surface area contributed by atoms with Gasteiger partial charge in [0.15, 0.2) is 0 Å². The van der Waals surface area contributed by atoms with Crippen LogP contribution in [0.25, 0.3) is 0 Å². The summed E-state index contributed by atoms with van der Waals surface area (Å²) in [5, 5.41) is 3.43. The molecule has 0 amide bonds. The molecule has 88 valence electrons. The zero-order chi connectivity index (χ0) is 11.4. The summed E-state index contributed by atoms with van der Waals surface area (Å²) >= 11 is 0. The Balaban J connectivity index is 1.92. The first-order chi connectivity index (χ1) is 7.79. The third-order valence-electron chi connectivity index (χ3n) is 3.66. The highest BCUT2D eigenvalue weighted by molar-refractivity contribution is 5.14. The van der Waals surface area contributed by atoms with Crippen molar-refractivity contribution in [1.29, 1.82) is 0 Å². The Bertz CT molecular complexity index is 310. The van der Waals surface area contributed by atoms with Gasteiger partial charge < -0.3 is 5.32 Å². The molecule has 1 heterocycles. The third-order valence-corrected chi connectivity index (χ3v) is 3.66. The summed E-state index contributed by atoms with van der Waals surface area (Å²) in [5.74, 6) is 0.803. The SMILES string of the molecule is CN[C@@H]1CN(Cc2ccccc2)CC[C@H]1C. The summed E-state index contributed by atoms with van der Waals surface area (Å²) in [6.45, 7) is 5.84. The molecular formula is C14H22N2. The van der Waals surface area contributed by atoms with Crippen LogP contribution in [0.1, 0.15) is 18.9 Å². The molecule has 1 aliphatic heterocycles. The van der Waals surface area contributed by atoms with Crippen molar-refractivity contribution >= 4 is 0 Å². The molecule has 1 aliphatic rings. The Morgan fingerprint density at radius 1 is 1.31 bits per heavy atom. The van der Waals surface area contributed by atoms with Crippen LogP contribution in [0.5, 0.6) is 0 Å². The summed E-state index contributed by atoms with van der Waals surface area (Å²) in [5.41, 5.74) is 1.42. The number of nitrogens with zero attached hydrogens (tertiary/aromatic N) is 1. The molecule has 1 saturated heterocycles. The fourth-order valence-corrected chi connectivity index (χ4v) is 2.50. The summed E-state index contributed by atoms with van der Waals surface area (Å²) in [6.07, 6.45) is 1.30. The largest absolute Gasteiger partial charge is 0.315 e. The lowest BCUT2D eigenvalue weighted by atomic mass is 9.93. The van der Waals surface area contributed by atoms with Crippen molar-refractivity contribution < 1.29 is 0 Å². The first-order valence-corrected chi connectivity index (χ1v) is 6.23. The quantitative estimate of drug-likeness (QED) is 0.836. The maximum absolute atomic E-state index is 3.43. The average Bonchev–Trinajstić information content (AvgIpc) is 2.33. The van der Waals surface area contributed by atoms with E-state index in [1.54, 1.807) is 0 Å². The lowest BCUT2D eigenvalue weighted by Gasteiger charge is -2.37. The molecule has 0 spiro atoms. The first-order valence-electron chi connectivity index (χ1n) is 6.23. The summed E-state index contributed by atoms with van der Waals surface area (Å²) in [6, 6.07) is 11.4. The molecule has 0 bridgehead atoms. The number of likely N-dealkylation sites (N-methyl/N-ethyl adjacent to an activating group) is 1. The number of hydrogen-bond donors (Lipinski definition) is 1. The predicted molar refractivity (Wildman–Crippen MR) is 68.3 cm³/mol.